The molecule has 1 fully saturated rings. The molecule has 1 heterocycles. The predicted molar refractivity (Wildman–Crippen MR) is 98.2 cm³/mol. The van der Waals surface area contributed by atoms with Crippen molar-refractivity contribution in [2.45, 2.75) is 38.6 Å². The second-order valence-corrected chi connectivity index (χ2v) is 6.84. The van der Waals surface area contributed by atoms with E-state index >= 15 is 0 Å². The molecule has 1 aliphatic rings. The zero-order chi connectivity index (χ0) is 18.0. The molecule has 0 spiro atoms. The van der Waals surface area contributed by atoms with Gasteiger partial charge in [0.05, 0.1) is 5.69 Å². The Hall–Kier alpha value is -2.37. The average Bonchev–Trinajstić information content (AvgIpc) is 3.34. The minimum Gasteiger partial charge on any atom is -0.356 e. The monoisotopic (exact) mass is 343 g/mol. The zero-order valence-corrected chi connectivity index (χ0v) is 15.4. The number of guanidine groups is 1. The van der Waals surface area contributed by atoms with Gasteiger partial charge in [-0.3, -0.25) is 9.67 Å². The summed E-state index contributed by atoms with van der Waals surface area (Å²) < 4.78 is 15.4. The lowest BCUT2D eigenvalue weighted by atomic mass is 9.96. The van der Waals surface area contributed by atoms with Gasteiger partial charge in [-0.1, -0.05) is 12.1 Å². The van der Waals surface area contributed by atoms with Gasteiger partial charge in [0.15, 0.2) is 5.96 Å². The molecule has 1 aliphatic carbocycles. The first-order valence-corrected chi connectivity index (χ1v) is 8.65. The summed E-state index contributed by atoms with van der Waals surface area (Å²) in [6.45, 7) is 5.51. The standard InChI is InChI=1S/C19H26FN5/c1-13-17(14(2)25(4)24-13)11-22-18(21-3)23-12-19(8-9-19)15-6-5-7-16(20)10-15/h5-7,10H,8-9,11-12H2,1-4H3,(H2,21,22,23). The Morgan fingerprint density at radius 1 is 1.32 bits per heavy atom. The third kappa shape index (κ3) is 3.67. The van der Waals surface area contributed by atoms with E-state index in [9.17, 15) is 4.39 Å². The molecule has 6 heteroatoms. The number of rotatable bonds is 5. The third-order valence-corrected chi connectivity index (χ3v) is 5.20. The van der Waals surface area contributed by atoms with E-state index in [1.165, 1.54) is 11.6 Å². The SMILES string of the molecule is CN=C(NCc1c(C)nn(C)c1C)NCC1(c2cccc(F)c2)CC1. The molecule has 134 valence electrons. The van der Waals surface area contributed by atoms with Crippen LogP contribution >= 0.6 is 0 Å². The summed E-state index contributed by atoms with van der Waals surface area (Å²) in [5.74, 6) is 0.583. The molecule has 0 aliphatic heterocycles. The first kappa shape index (κ1) is 17.5. The van der Waals surface area contributed by atoms with Crippen molar-refractivity contribution in [3.8, 4) is 0 Å². The van der Waals surface area contributed by atoms with Gasteiger partial charge in [-0.25, -0.2) is 4.39 Å². The lowest BCUT2D eigenvalue weighted by Crippen LogP contribution is -2.41. The Bertz CT molecular complexity index is 789. The van der Waals surface area contributed by atoms with E-state index in [1.54, 1.807) is 19.2 Å². The fraction of sp³-hybridized carbons (Fsp3) is 0.474. The lowest BCUT2D eigenvalue weighted by molar-refractivity contribution is 0.607. The van der Waals surface area contributed by atoms with E-state index in [4.69, 9.17) is 0 Å². The van der Waals surface area contributed by atoms with Crippen molar-refractivity contribution in [1.82, 2.24) is 20.4 Å². The van der Waals surface area contributed by atoms with Crippen LogP contribution in [0.2, 0.25) is 0 Å². The number of hydrogen-bond donors (Lipinski definition) is 2. The first-order chi connectivity index (χ1) is 11.9. The highest BCUT2D eigenvalue weighted by atomic mass is 19.1. The highest BCUT2D eigenvalue weighted by Gasteiger charge is 2.44. The van der Waals surface area contributed by atoms with Crippen molar-refractivity contribution in [1.29, 1.82) is 0 Å². The molecule has 0 amide bonds. The number of nitrogens with zero attached hydrogens (tertiary/aromatic N) is 3. The minimum atomic E-state index is -0.172. The number of nitrogens with one attached hydrogen (secondary N) is 2. The van der Waals surface area contributed by atoms with Gasteiger partial charge in [0.1, 0.15) is 5.82 Å². The summed E-state index contributed by atoms with van der Waals surface area (Å²) in [6.07, 6.45) is 2.14. The maximum Gasteiger partial charge on any atom is 0.191 e. The maximum atomic E-state index is 13.5. The zero-order valence-electron chi connectivity index (χ0n) is 15.4. The van der Waals surface area contributed by atoms with E-state index in [-0.39, 0.29) is 11.2 Å². The van der Waals surface area contributed by atoms with Crippen LogP contribution in [0.25, 0.3) is 0 Å². The molecule has 1 saturated carbocycles. The van der Waals surface area contributed by atoms with Crippen molar-refractivity contribution in [3.63, 3.8) is 0 Å². The predicted octanol–water partition coefficient (Wildman–Crippen LogP) is 2.57. The Balaban J connectivity index is 1.60. The Labute approximate surface area is 148 Å². The van der Waals surface area contributed by atoms with E-state index in [2.05, 4.69) is 27.6 Å². The number of hydrogen-bond acceptors (Lipinski definition) is 2. The van der Waals surface area contributed by atoms with Crippen molar-refractivity contribution in [2.75, 3.05) is 13.6 Å². The minimum absolute atomic E-state index is 0.0276. The molecule has 0 unspecified atom stereocenters. The number of halogens is 1. The summed E-state index contributed by atoms with van der Waals surface area (Å²) in [7, 11) is 3.72. The van der Waals surface area contributed by atoms with Crippen LogP contribution in [0.1, 0.15) is 35.4 Å². The average molecular weight is 343 g/mol. The van der Waals surface area contributed by atoms with Gasteiger partial charge in [0.2, 0.25) is 0 Å². The van der Waals surface area contributed by atoms with Gasteiger partial charge in [0, 0.05) is 43.9 Å². The van der Waals surface area contributed by atoms with Crippen LogP contribution in [-0.2, 0) is 19.0 Å². The van der Waals surface area contributed by atoms with Crippen LogP contribution in [0.15, 0.2) is 29.3 Å². The number of aromatic nitrogens is 2. The van der Waals surface area contributed by atoms with Crippen molar-refractivity contribution < 1.29 is 4.39 Å². The van der Waals surface area contributed by atoms with Gasteiger partial charge >= 0.3 is 0 Å². The molecular formula is C19H26FN5. The smallest absolute Gasteiger partial charge is 0.191 e. The summed E-state index contributed by atoms with van der Waals surface area (Å²) in [4.78, 5) is 4.30. The molecule has 5 nitrogen and oxygen atoms in total. The molecule has 0 bridgehead atoms. The van der Waals surface area contributed by atoms with Gasteiger partial charge < -0.3 is 10.6 Å². The normalized spacial score (nSPS) is 16.0. The van der Waals surface area contributed by atoms with Crippen LogP contribution in [-0.4, -0.2) is 29.3 Å². The second-order valence-electron chi connectivity index (χ2n) is 6.84. The molecule has 1 aromatic carbocycles. The summed E-state index contributed by atoms with van der Waals surface area (Å²) in [6, 6.07) is 6.93. The third-order valence-electron chi connectivity index (χ3n) is 5.20. The molecule has 0 radical (unpaired) electrons. The molecular weight excluding hydrogens is 317 g/mol. The van der Waals surface area contributed by atoms with Crippen molar-refractivity contribution in [2.24, 2.45) is 12.0 Å². The number of aliphatic imine (C=N–C) groups is 1. The van der Waals surface area contributed by atoms with E-state index in [0.29, 0.717) is 6.54 Å². The highest BCUT2D eigenvalue weighted by Crippen LogP contribution is 2.47. The fourth-order valence-corrected chi connectivity index (χ4v) is 3.26. The molecule has 2 aromatic rings. The quantitative estimate of drug-likeness (QED) is 0.648. The second kappa shape index (κ2) is 6.86. The molecule has 25 heavy (non-hydrogen) atoms. The summed E-state index contributed by atoms with van der Waals surface area (Å²) in [5, 5.41) is 11.2. The van der Waals surface area contributed by atoms with Crippen LogP contribution in [0, 0.1) is 19.7 Å². The number of benzene rings is 1. The van der Waals surface area contributed by atoms with Crippen molar-refractivity contribution in [3.05, 3.63) is 52.6 Å². The first-order valence-electron chi connectivity index (χ1n) is 8.65. The fourth-order valence-electron chi connectivity index (χ4n) is 3.26. The van der Waals surface area contributed by atoms with Crippen molar-refractivity contribution >= 4 is 5.96 Å². The van der Waals surface area contributed by atoms with Crippen LogP contribution in [0.5, 0.6) is 0 Å². The Morgan fingerprint density at radius 3 is 2.64 bits per heavy atom. The van der Waals surface area contributed by atoms with E-state index in [1.807, 2.05) is 24.7 Å². The van der Waals surface area contributed by atoms with Crippen LogP contribution in [0.4, 0.5) is 4.39 Å². The van der Waals surface area contributed by atoms with Gasteiger partial charge in [-0.05, 0) is 44.4 Å². The Morgan fingerprint density at radius 2 is 2.08 bits per heavy atom. The molecule has 2 N–H and O–H groups in total. The van der Waals surface area contributed by atoms with Crippen LogP contribution in [0.3, 0.4) is 0 Å². The molecule has 0 saturated heterocycles. The summed E-state index contributed by atoms with van der Waals surface area (Å²) >= 11 is 0. The van der Waals surface area contributed by atoms with Gasteiger partial charge in [-0.15, -0.1) is 0 Å². The molecule has 0 atom stereocenters. The largest absolute Gasteiger partial charge is 0.356 e. The van der Waals surface area contributed by atoms with E-state index < -0.39 is 0 Å². The topological polar surface area (TPSA) is 54.2 Å². The van der Waals surface area contributed by atoms with Crippen LogP contribution < -0.4 is 10.6 Å². The highest BCUT2D eigenvalue weighted by molar-refractivity contribution is 5.79. The summed E-state index contributed by atoms with van der Waals surface area (Å²) in [5.41, 5.74) is 4.46. The molecule has 1 aromatic heterocycles. The van der Waals surface area contributed by atoms with Gasteiger partial charge in [0.25, 0.3) is 0 Å². The lowest BCUT2D eigenvalue weighted by Gasteiger charge is -2.19. The Kier molecular flexibility index (Phi) is 4.79. The van der Waals surface area contributed by atoms with E-state index in [0.717, 1.165) is 42.3 Å². The number of aryl methyl sites for hydroxylation is 2. The van der Waals surface area contributed by atoms with Gasteiger partial charge in [-0.2, -0.15) is 5.10 Å². The maximum absolute atomic E-state index is 13.5. The molecule has 3 rings (SSSR count).